The van der Waals surface area contributed by atoms with Gasteiger partial charge in [0.1, 0.15) is 5.78 Å². The van der Waals surface area contributed by atoms with Crippen molar-refractivity contribution in [1.29, 1.82) is 0 Å². The zero-order chi connectivity index (χ0) is 23.1. The number of amides is 1. The third kappa shape index (κ3) is 13.2. The molecular weight excluding hydrogens is 386 g/mol. The van der Waals surface area contributed by atoms with E-state index in [-0.39, 0.29) is 11.7 Å². The Balaban J connectivity index is 2.26. The zero-order valence-corrected chi connectivity index (χ0v) is 20.5. The minimum Gasteiger partial charge on any atom is -0.378 e. The molecule has 0 atom stereocenters. The van der Waals surface area contributed by atoms with Crippen LogP contribution in [0.25, 0.3) is 0 Å². The van der Waals surface area contributed by atoms with E-state index in [1.54, 1.807) is 6.92 Å². The van der Waals surface area contributed by atoms with Gasteiger partial charge < -0.3 is 14.4 Å². The third-order valence-corrected chi connectivity index (χ3v) is 5.68. The molecule has 1 heterocycles. The van der Waals surface area contributed by atoms with E-state index in [0.29, 0.717) is 32.7 Å². The fourth-order valence-electron chi connectivity index (χ4n) is 3.54. The number of carbonyl (C=O) groups is 2. The van der Waals surface area contributed by atoms with E-state index in [9.17, 15) is 9.59 Å². The van der Waals surface area contributed by atoms with Gasteiger partial charge in [-0.2, -0.15) is 0 Å². The fourth-order valence-corrected chi connectivity index (χ4v) is 3.54. The molecule has 0 radical (unpaired) electrons. The molecule has 4 heteroatoms. The van der Waals surface area contributed by atoms with Gasteiger partial charge in [-0.3, -0.25) is 4.79 Å². The van der Waals surface area contributed by atoms with Gasteiger partial charge in [-0.25, -0.2) is 0 Å². The lowest BCUT2D eigenvalue weighted by molar-refractivity contribution is -0.131. The zero-order valence-electron chi connectivity index (χ0n) is 20.5. The van der Waals surface area contributed by atoms with Crippen LogP contribution in [0, 0.1) is 0 Å². The van der Waals surface area contributed by atoms with Gasteiger partial charge in [-0.15, -0.1) is 0 Å². The van der Waals surface area contributed by atoms with Gasteiger partial charge in [-0.05, 0) is 79.6 Å². The molecule has 0 bridgehead atoms. The summed E-state index contributed by atoms with van der Waals surface area (Å²) in [4.78, 5) is 25.3. The normalized spacial score (nSPS) is 16.6. The predicted octanol–water partition coefficient (Wildman–Crippen LogP) is 6.34. The van der Waals surface area contributed by atoms with Crippen LogP contribution in [0.15, 0.2) is 46.6 Å². The summed E-state index contributed by atoms with van der Waals surface area (Å²) in [6, 6.07) is 0. The number of rotatable bonds is 13. The summed E-state index contributed by atoms with van der Waals surface area (Å²) < 4.78 is 5.31. The second-order valence-corrected chi connectivity index (χ2v) is 8.80. The second-order valence-electron chi connectivity index (χ2n) is 8.80. The van der Waals surface area contributed by atoms with Crippen LogP contribution in [0.3, 0.4) is 0 Å². The molecule has 1 amide bonds. The van der Waals surface area contributed by atoms with Crippen LogP contribution in [-0.4, -0.2) is 42.9 Å². The molecule has 1 fully saturated rings. The molecule has 4 nitrogen and oxygen atoms in total. The Morgan fingerprint density at radius 3 is 1.55 bits per heavy atom. The van der Waals surface area contributed by atoms with Crippen LogP contribution in [-0.2, 0) is 14.3 Å². The number of ketones is 1. The Kier molecular flexibility index (Phi) is 13.8. The van der Waals surface area contributed by atoms with Crippen molar-refractivity contribution in [3.05, 3.63) is 46.6 Å². The number of carbonyl (C=O) groups excluding carboxylic acids is 2. The summed E-state index contributed by atoms with van der Waals surface area (Å²) in [6.07, 6.45) is 16.7. The highest BCUT2D eigenvalue weighted by Gasteiger charge is 2.17. The van der Waals surface area contributed by atoms with E-state index < -0.39 is 0 Å². The van der Waals surface area contributed by atoms with E-state index in [2.05, 4.69) is 45.1 Å². The van der Waals surface area contributed by atoms with Gasteiger partial charge in [0.15, 0.2) is 0 Å². The highest BCUT2D eigenvalue weighted by Crippen LogP contribution is 2.14. The van der Waals surface area contributed by atoms with Gasteiger partial charge in [0.25, 0.3) is 0 Å². The average molecular weight is 430 g/mol. The first-order chi connectivity index (χ1) is 14.8. The van der Waals surface area contributed by atoms with Crippen LogP contribution in [0.2, 0.25) is 0 Å². The van der Waals surface area contributed by atoms with Crippen LogP contribution < -0.4 is 0 Å². The standard InChI is InChI=1S/C27H43NO3/c1-22(11-7-13-24(3)15-9-17-26(5)29)10-6-12-23(2)14-8-16-25(4)27(30)28-18-20-31-21-19-28/h11-12,15-16H,6-10,13-14,17-21H2,1-5H3. The van der Waals surface area contributed by atoms with Crippen molar-refractivity contribution in [1.82, 2.24) is 4.90 Å². The number of morpholine rings is 1. The summed E-state index contributed by atoms with van der Waals surface area (Å²) in [5.74, 6) is 0.408. The van der Waals surface area contributed by atoms with E-state index in [1.165, 1.54) is 16.7 Å². The molecule has 0 aromatic heterocycles. The number of Topliss-reactive ketones (excluding diaryl/α,β-unsaturated/α-hetero) is 1. The van der Waals surface area contributed by atoms with Crippen molar-refractivity contribution in [2.75, 3.05) is 26.3 Å². The highest BCUT2D eigenvalue weighted by atomic mass is 16.5. The van der Waals surface area contributed by atoms with Crippen LogP contribution in [0.4, 0.5) is 0 Å². The largest absolute Gasteiger partial charge is 0.378 e. The van der Waals surface area contributed by atoms with Gasteiger partial charge in [0.2, 0.25) is 5.91 Å². The van der Waals surface area contributed by atoms with Crippen molar-refractivity contribution in [2.24, 2.45) is 0 Å². The topological polar surface area (TPSA) is 46.6 Å². The lowest BCUT2D eigenvalue weighted by Crippen LogP contribution is -2.41. The lowest BCUT2D eigenvalue weighted by Gasteiger charge is -2.27. The predicted molar refractivity (Wildman–Crippen MR) is 130 cm³/mol. The van der Waals surface area contributed by atoms with E-state index in [4.69, 9.17) is 4.74 Å². The van der Waals surface area contributed by atoms with E-state index >= 15 is 0 Å². The molecule has 1 aliphatic heterocycles. The number of allylic oxidation sites excluding steroid dienone is 7. The van der Waals surface area contributed by atoms with Crippen molar-refractivity contribution in [3.63, 3.8) is 0 Å². The highest BCUT2D eigenvalue weighted by molar-refractivity contribution is 5.92. The fraction of sp³-hybridized carbons (Fsp3) is 0.630. The Morgan fingerprint density at radius 1 is 0.677 bits per heavy atom. The van der Waals surface area contributed by atoms with Crippen LogP contribution in [0.5, 0.6) is 0 Å². The number of hydrogen-bond donors (Lipinski definition) is 0. The summed E-state index contributed by atoms with van der Waals surface area (Å²) >= 11 is 0. The monoisotopic (exact) mass is 429 g/mol. The van der Waals surface area contributed by atoms with Crippen molar-refractivity contribution in [3.8, 4) is 0 Å². The first-order valence-corrected chi connectivity index (χ1v) is 11.8. The maximum atomic E-state index is 12.4. The van der Waals surface area contributed by atoms with Crippen LogP contribution in [0.1, 0.15) is 86.0 Å². The molecule has 0 aliphatic carbocycles. The van der Waals surface area contributed by atoms with Crippen molar-refractivity contribution < 1.29 is 14.3 Å². The molecule has 1 saturated heterocycles. The molecular formula is C27H43NO3. The molecule has 0 N–H and O–H groups in total. The molecule has 0 saturated carbocycles. The molecule has 0 aromatic rings. The SMILES string of the molecule is CC(=O)CCC=C(C)CCC=C(C)CCC=C(C)CCC=C(C)C(=O)N1CCOCC1. The summed E-state index contributed by atoms with van der Waals surface area (Å²) in [7, 11) is 0. The van der Waals surface area contributed by atoms with E-state index in [0.717, 1.165) is 50.5 Å². The maximum Gasteiger partial charge on any atom is 0.249 e. The smallest absolute Gasteiger partial charge is 0.249 e. The van der Waals surface area contributed by atoms with Gasteiger partial charge >= 0.3 is 0 Å². The molecule has 0 spiro atoms. The first-order valence-electron chi connectivity index (χ1n) is 11.8. The van der Waals surface area contributed by atoms with Crippen molar-refractivity contribution >= 4 is 11.7 Å². The third-order valence-electron chi connectivity index (χ3n) is 5.68. The van der Waals surface area contributed by atoms with Gasteiger partial charge in [0, 0.05) is 25.1 Å². The van der Waals surface area contributed by atoms with Gasteiger partial charge in [0.05, 0.1) is 13.2 Å². The summed E-state index contributed by atoms with van der Waals surface area (Å²) in [6.45, 7) is 12.8. The maximum absolute atomic E-state index is 12.4. The molecule has 1 aliphatic rings. The average Bonchev–Trinajstić information content (AvgIpc) is 2.73. The Hall–Kier alpha value is -1.94. The first kappa shape index (κ1) is 27.1. The number of ether oxygens (including phenoxy) is 1. The molecule has 1 rings (SSSR count). The molecule has 0 unspecified atom stereocenters. The summed E-state index contributed by atoms with van der Waals surface area (Å²) in [5, 5.41) is 0. The number of nitrogens with zero attached hydrogens (tertiary/aromatic N) is 1. The second kappa shape index (κ2) is 15.8. The Labute approximate surface area is 190 Å². The minimum absolute atomic E-state index is 0.148. The van der Waals surface area contributed by atoms with E-state index in [1.807, 2.05) is 11.8 Å². The minimum atomic E-state index is 0.148. The molecule has 174 valence electrons. The quantitative estimate of drug-likeness (QED) is 0.253. The lowest BCUT2D eigenvalue weighted by atomic mass is 10.0. The molecule has 0 aromatic carbocycles. The van der Waals surface area contributed by atoms with Gasteiger partial charge in [-0.1, -0.05) is 41.0 Å². The van der Waals surface area contributed by atoms with Crippen molar-refractivity contribution in [2.45, 2.75) is 86.0 Å². The Morgan fingerprint density at radius 2 is 1.10 bits per heavy atom. The Bertz CT molecular complexity index is 691. The number of hydrogen-bond acceptors (Lipinski definition) is 3. The molecule has 31 heavy (non-hydrogen) atoms. The summed E-state index contributed by atoms with van der Waals surface area (Å²) in [5.41, 5.74) is 5.04. The van der Waals surface area contributed by atoms with Crippen LogP contribution >= 0.6 is 0 Å².